The Morgan fingerprint density at radius 2 is 1.75 bits per heavy atom. The van der Waals surface area contributed by atoms with Crippen LogP contribution in [0.1, 0.15) is 59.8 Å². The monoisotopic (exact) mass is 284 g/mol. The molecular weight excluding hydrogens is 259 g/mol. The number of rotatable bonds is 9. The van der Waals surface area contributed by atoms with Crippen LogP contribution in [0.4, 0.5) is 4.39 Å². The molecule has 0 amide bonds. The van der Waals surface area contributed by atoms with E-state index in [0.717, 1.165) is 6.42 Å². The summed E-state index contributed by atoms with van der Waals surface area (Å²) in [4.78, 5) is 22.5. The number of carbonyl (C=O) groups is 2. The molecule has 20 heavy (non-hydrogen) atoms. The highest BCUT2D eigenvalue weighted by Gasteiger charge is 2.11. The van der Waals surface area contributed by atoms with Crippen molar-refractivity contribution in [2.45, 2.75) is 59.8 Å². The van der Waals surface area contributed by atoms with Crippen molar-refractivity contribution in [3.63, 3.8) is 0 Å². The number of hydrogen-bond donors (Lipinski definition) is 0. The van der Waals surface area contributed by atoms with Crippen LogP contribution in [-0.4, -0.2) is 18.4 Å². The molecule has 0 aromatic heterocycles. The van der Waals surface area contributed by atoms with Gasteiger partial charge >= 0.3 is 5.97 Å². The van der Waals surface area contributed by atoms with Crippen LogP contribution in [0.15, 0.2) is 23.0 Å². The van der Waals surface area contributed by atoms with E-state index in [-0.39, 0.29) is 37.5 Å². The second-order valence-corrected chi connectivity index (χ2v) is 5.03. The van der Waals surface area contributed by atoms with Crippen LogP contribution in [-0.2, 0) is 14.3 Å². The van der Waals surface area contributed by atoms with E-state index in [9.17, 15) is 14.0 Å². The van der Waals surface area contributed by atoms with Gasteiger partial charge in [0, 0.05) is 12.8 Å². The van der Waals surface area contributed by atoms with Crippen LogP contribution in [0, 0.1) is 0 Å². The average Bonchev–Trinajstić information content (AvgIpc) is 2.35. The number of esters is 1. The van der Waals surface area contributed by atoms with Crippen molar-refractivity contribution in [3.05, 3.63) is 23.0 Å². The summed E-state index contributed by atoms with van der Waals surface area (Å²) < 4.78 is 18.4. The quantitative estimate of drug-likeness (QED) is 0.360. The van der Waals surface area contributed by atoms with E-state index < -0.39 is 5.97 Å². The smallest absolute Gasteiger partial charge is 0.313 e. The highest BCUT2D eigenvalue weighted by atomic mass is 19.1. The molecule has 0 aliphatic carbocycles. The Kier molecular flexibility index (Phi) is 9.60. The summed E-state index contributed by atoms with van der Waals surface area (Å²) in [6, 6.07) is 0. The topological polar surface area (TPSA) is 43.4 Å². The summed E-state index contributed by atoms with van der Waals surface area (Å²) in [5, 5.41) is 0. The fourth-order valence-corrected chi connectivity index (χ4v) is 1.64. The molecule has 0 fully saturated rings. The van der Waals surface area contributed by atoms with E-state index in [1.807, 2.05) is 13.8 Å². The first kappa shape index (κ1) is 18.6. The molecule has 0 aliphatic heterocycles. The summed E-state index contributed by atoms with van der Waals surface area (Å²) in [5.41, 5.74) is 1.88. The molecule has 3 nitrogen and oxygen atoms in total. The van der Waals surface area contributed by atoms with Crippen molar-refractivity contribution < 1.29 is 18.7 Å². The molecule has 0 atom stereocenters. The molecular formula is C16H25FO3. The van der Waals surface area contributed by atoms with Gasteiger partial charge in [-0.2, -0.15) is 0 Å². The molecule has 0 radical (unpaired) electrons. The normalized spacial score (nSPS) is 11.7. The van der Waals surface area contributed by atoms with Crippen molar-refractivity contribution in [1.29, 1.82) is 0 Å². The van der Waals surface area contributed by atoms with Crippen LogP contribution in [0.25, 0.3) is 0 Å². The fraction of sp³-hybridized carbons (Fsp3) is 0.625. The summed E-state index contributed by atoms with van der Waals surface area (Å²) >= 11 is 0. The predicted molar refractivity (Wildman–Crippen MR) is 78.0 cm³/mol. The molecule has 0 N–H and O–H groups in total. The van der Waals surface area contributed by atoms with E-state index in [0.29, 0.717) is 12.0 Å². The minimum absolute atomic E-state index is 0.0463. The summed E-state index contributed by atoms with van der Waals surface area (Å²) in [7, 11) is 0. The minimum Gasteiger partial charge on any atom is -0.466 e. The van der Waals surface area contributed by atoms with Gasteiger partial charge in [0.25, 0.3) is 0 Å². The SMILES string of the molecule is CCOC(=O)CC(=O)CC/C(F)=C(\C)CCC=C(C)C. The third kappa shape index (κ3) is 9.48. The number of halogens is 1. The van der Waals surface area contributed by atoms with Gasteiger partial charge in [-0.15, -0.1) is 0 Å². The summed E-state index contributed by atoms with van der Waals surface area (Å²) in [6.07, 6.45) is 3.37. The summed E-state index contributed by atoms with van der Waals surface area (Å²) in [5.74, 6) is -1.07. The molecule has 0 saturated heterocycles. The van der Waals surface area contributed by atoms with Gasteiger partial charge in [-0.05, 0) is 46.1 Å². The van der Waals surface area contributed by atoms with Crippen molar-refractivity contribution in [3.8, 4) is 0 Å². The highest BCUT2D eigenvalue weighted by Crippen LogP contribution is 2.18. The first-order chi connectivity index (χ1) is 9.36. The largest absolute Gasteiger partial charge is 0.466 e. The van der Waals surface area contributed by atoms with Crippen LogP contribution in [0.3, 0.4) is 0 Å². The Balaban J connectivity index is 4.12. The Hall–Kier alpha value is -1.45. The lowest BCUT2D eigenvalue weighted by Crippen LogP contribution is -2.11. The van der Waals surface area contributed by atoms with Crippen LogP contribution >= 0.6 is 0 Å². The van der Waals surface area contributed by atoms with Gasteiger partial charge in [0.15, 0.2) is 0 Å². The Labute approximate surface area is 120 Å². The highest BCUT2D eigenvalue weighted by molar-refractivity contribution is 5.95. The zero-order valence-corrected chi connectivity index (χ0v) is 12.9. The molecule has 0 saturated carbocycles. The van der Waals surface area contributed by atoms with Crippen LogP contribution < -0.4 is 0 Å². The van der Waals surface area contributed by atoms with Crippen molar-refractivity contribution in [2.75, 3.05) is 6.61 Å². The lowest BCUT2D eigenvalue weighted by atomic mass is 10.1. The number of ether oxygens (including phenoxy) is 1. The van der Waals surface area contributed by atoms with Gasteiger partial charge in [-0.25, -0.2) is 4.39 Å². The van der Waals surface area contributed by atoms with Gasteiger partial charge in [0.05, 0.1) is 12.4 Å². The van der Waals surface area contributed by atoms with E-state index in [2.05, 4.69) is 10.8 Å². The van der Waals surface area contributed by atoms with Crippen molar-refractivity contribution in [1.82, 2.24) is 0 Å². The van der Waals surface area contributed by atoms with Crippen molar-refractivity contribution in [2.24, 2.45) is 0 Å². The molecule has 0 aromatic carbocycles. The lowest BCUT2D eigenvalue weighted by molar-refractivity contribution is -0.145. The Morgan fingerprint density at radius 3 is 2.30 bits per heavy atom. The molecule has 0 unspecified atom stereocenters. The Morgan fingerprint density at radius 1 is 1.10 bits per heavy atom. The van der Waals surface area contributed by atoms with E-state index >= 15 is 0 Å². The van der Waals surface area contributed by atoms with Gasteiger partial charge in [0.2, 0.25) is 0 Å². The number of hydrogen-bond acceptors (Lipinski definition) is 3. The standard InChI is InChI=1S/C16H25FO3/c1-5-20-16(19)11-14(18)9-10-15(17)13(4)8-6-7-12(2)3/h7H,5-6,8-11H2,1-4H3/b15-13-. The van der Waals surface area contributed by atoms with E-state index in [1.165, 1.54) is 5.57 Å². The third-order valence-corrected chi connectivity index (χ3v) is 2.81. The molecule has 114 valence electrons. The zero-order chi connectivity index (χ0) is 15.5. The summed E-state index contributed by atoms with van der Waals surface area (Å²) in [6.45, 7) is 7.68. The maximum absolute atomic E-state index is 13.8. The van der Waals surface area contributed by atoms with Crippen LogP contribution in [0.5, 0.6) is 0 Å². The Bertz CT molecular complexity index is 391. The average molecular weight is 284 g/mol. The third-order valence-electron chi connectivity index (χ3n) is 2.81. The molecule has 0 heterocycles. The molecule has 0 rings (SSSR count). The fourth-order valence-electron chi connectivity index (χ4n) is 1.64. The number of ketones is 1. The number of Topliss-reactive ketones (excluding diaryl/α,β-unsaturated/α-hetero) is 1. The maximum atomic E-state index is 13.8. The van der Waals surface area contributed by atoms with Crippen LogP contribution in [0.2, 0.25) is 0 Å². The maximum Gasteiger partial charge on any atom is 0.313 e. The van der Waals surface area contributed by atoms with Gasteiger partial charge < -0.3 is 4.74 Å². The van der Waals surface area contributed by atoms with Gasteiger partial charge in [-0.3, -0.25) is 9.59 Å². The van der Waals surface area contributed by atoms with E-state index in [1.54, 1.807) is 13.8 Å². The molecule has 0 aliphatic rings. The predicted octanol–water partition coefficient (Wildman–Crippen LogP) is 4.28. The molecule has 0 aromatic rings. The van der Waals surface area contributed by atoms with Gasteiger partial charge in [-0.1, -0.05) is 11.6 Å². The number of allylic oxidation sites excluding steroid dienone is 4. The first-order valence-corrected chi connectivity index (χ1v) is 7.01. The first-order valence-electron chi connectivity index (χ1n) is 7.01. The number of carbonyl (C=O) groups excluding carboxylic acids is 2. The van der Waals surface area contributed by atoms with Crippen molar-refractivity contribution >= 4 is 11.8 Å². The second kappa shape index (κ2) is 10.4. The molecule has 0 bridgehead atoms. The minimum atomic E-state index is -0.540. The van der Waals surface area contributed by atoms with Gasteiger partial charge in [0.1, 0.15) is 12.2 Å². The second-order valence-electron chi connectivity index (χ2n) is 5.03. The molecule has 4 heteroatoms. The lowest BCUT2D eigenvalue weighted by Gasteiger charge is -2.04. The molecule has 0 spiro atoms. The zero-order valence-electron chi connectivity index (χ0n) is 12.9. The van der Waals surface area contributed by atoms with E-state index in [4.69, 9.17) is 0 Å².